The highest BCUT2D eigenvalue weighted by Gasteiger charge is 2.29. The van der Waals surface area contributed by atoms with E-state index in [1.165, 1.54) is 22.3 Å². The second-order valence-electron chi connectivity index (χ2n) is 4.92. The fourth-order valence-corrected chi connectivity index (χ4v) is 2.03. The van der Waals surface area contributed by atoms with Crippen LogP contribution in [0.1, 0.15) is 31.9 Å². The Bertz CT molecular complexity index is 428. The fraction of sp³-hybridized carbons (Fsp3) is 0.333. The smallest absolute Gasteiger partial charge is 0.0111 e. The van der Waals surface area contributed by atoms with Gasteiger partial charge in [0.1, 0.15) is 0 Å². The van der Waals surface area contributed by atoms with E-state index in [0.29, 0.717) is 0 Å². The molecule has 1 aromatic carbocycles. The maximum absolute atomic E-state index is 2.29. The molecule has 0 unspecified atom stereocenters. The van der Waals surface area contributed by atoms with Crippen molar-refractivity contribution in [2.45, 2.75) is 27.7 Å². The monoisotopic (exact) mass is 198 g/mol. The standard InChI is InChI=1S/C15H18/c1-11-5-8-13(9-6-11)14-10-7-12(2)15(14,3)4/h5-10H,1-4H3. The molecule has 1 aromatic rings. The molecule has 0 N–H and O–H groups in total. The van der Waals surface area contributed by atoms with Crippen LogP contribution >= 0.6 is 0 Å². The zero-order chi connectivity index (χ0) is 11.1. The third-order valence-electron chi connectivity index (χ3n) is 3.52. The van der Waals surface area contributed by atoms with Gasteiger partial charge in [0.2, 0.25) is 0 Å². The molecule has 0 aliphatic heterocycles. The van der Waals surface area contributed by atoms with Gasteiger partial charge in [-0.05, 0) is 25.0 Å². The number of rotatable bonds is 1. The highest BCUT2D eigenvalue weighted by atomic mass is 14.3. The molecule has 0 bridgehead atoms. The Labute approximate surface area is 92.3 Å². The quantitative estimate of drug-likeness (QED) is 0.628. The van der Waals surface area contributed by atoms with Gasteiger partial charge in [0.05, 0.1) is 0 Å². The fourth-order valence-electron chi connectivity index (χ4n) is 2.03. The molecule has 0 heterocycles. The summed E-state index contributed by atoms with van der Waals surface area (Å²) in [6, 6.07) is 8.80. The Morgan fingerprint density at radius 1 is 0.867 bits per heavy atom. The largest absolute Gasteiger partial charge is 0.0632 e. The number of benzene rings is 1. The van der Waals surface area contributed by atoms with Crippen LogP contribution in [0, 0.1) is 12.3 Å². The first-order valence-electron chi connectivity index (χ1n) is 5.48. The highest BCUT2D eigenvalue weighted by Crippen LogP contribution is 2.44. The van der Waals surface area contributed by atoms with E-state index in [1.54, 1.807) is 0 Å². The summed E-state index contributed by atoms with van der Waals surface area (Å²) >= 11 is 0. The van der Waals surface area contributed by atoms with Gasteiger partial charge < -0.3 is 0 Å². The molecule has 0 saturated heterocycles. The summed E-state index contributed by atoms with van der Waals surface area (Å²) in [4.78, 5) is 0. The summed E-state index contributed by atoms with van der Waals surface area (Å²) in [6.45, 7) is 8.91. The molecular formula is C15H18. The van der Waals surface area contributed by atoms with E-state index in [9.17, 15) is 0 Å². The van der Waals surface area contributed by atoms with Gasteiger partial charge in [0, 0.05) is 5.41 Å². The molecule has 0 radical (unpaired) electrons. The molecule has 0 fully saturated rings. The van der Waals surface area contributed by atoms with Crippen LogP contribution < -0.4 is 0 Å². The minimum Gasteiger partial charge on any atom is -0.0632 e. The van der Waals surface area contributed by atoms with E-state index in [1.807, 2.05) is 0 Å². The number of allylic oxidation sites excluding steroid dienone is 4. The van der Waals surface area contributed by atoms with Gasteiger partial charge >= 0.3 is 0 Å². The van der Waals surface area contributed by atoms with Gasteiger partial charge in [0.15, 0.2) is 0 Å². The summed E-state index contributed by atoms with van der Waals surface area (Å²) < 4.78 is 0. The Hall–Kier alpha value is -1.30. The van der Waals surface area contributed by atoms with Crippen molar-refractivity contribution < 1.29 is 0 Å². The molecule has 0 spiro atoms. The van der Waals surface area contributed by atoms with Gasteiger partial charge in [-0.2, -0.15) is 0 Å². The van der Waals surface area contributed by atoms with Crippen LogP contribution in [-0.4, -0.2) is 0 Å². The van der Waals surface area contributed by atoms with Crippen molar-refractivity contribution >= 4 is 5.57 Å². The van der Waals surface area contributed by atoms with Crippen molar-refractivity contribution in [1.29, 1.82) is 0 Å². The Morgan fingerprint density at radius 2 is 1.47 bits per heavy atom. The van der Waals surface area contributed by atoms with E-state index < -0.39 is 0 Å². The van der Waals surface area contributed by atoms with Crippen LogP contribution in [-0.2, 0) is 0 Å². The molecule has 0 saturated carbocycles. The van der Waals surface area contributed by atoms with E-state index in [4.69, 9.17) is 0 Å². The highest BCUT2D eigenvalue weighted by molar-refractivity contribution is 5.77. The third kappa shape index (κ3) is 1.65. The second-order valence-corrected chi connectivity index (χ2v) is 4.92. The van der Waals surface area contributed by atoms with E-state index >= 15 is 0 Å². The summed E-state index contributed by atoms with van der Waals surface area (Å²) in [5, 5.41) is 0. The second kappa shape index (κ2) is 3.37. The van der Waals surface area contributed by atoms with Crippen LogP contribution in [0.3, 0.4) is 0 Å². The first kappa shape index (κ1) is 10.2. The van der Waals surface area contributed by atoms with Gasteiger partial charge in [-0.25, -0.2) is 0 Å². The molecular weight excluding hydrogens is 180 g/mol. The lowest BCUT2D eigenvalue weighted by atomic mass is 9.78. The van der Waals surface area contributed by atoms with Gasteiger partial charge in [-0.1, -0.05) is 61.4 Å². The van der Waals surface area contributed by atoms with Crippen molar-refractivity contribution in [2.75, 3.05) is 0 Å². The van der Waals surface area contributed by atoms with Crippen LogP contribution in [0.4, 0.5) is 0 Å². The lowest BCUT2D eigenvalue weighted by Gasteiger charge is -2.25. The SMILES string of the molecule is CC1=CC=C(c2ccc(C)cc2)C1(C)C. The molecule has 78 valence electrons. The molecule has 2 rings (SSSR count). The summed E-state index contributed by atoms with van der Waals surface area (Å²) in [6.07, 6.45) is 4.48. The van der Waals surface area contributed by atoms with Crippen LogP contribution in [0.25, 0.3) is 5.57 Å². The van der Waals surface area contributed by atoms with Crippen molar-refractivity contribution in [3.8, 4) is 0 Å². The minimum atomic E-state index is 0.190. The van der Waals surface area contributed by atoms with Crippen molar-refractivity contribution in [2.24, 2.45) is 5.41 Å². The van der Waals surface area contributed by atoms with Gasteiger partial charge in [-0.3, -0.25) is 0 Å². The van der Waals surface area contributed by atoms with Gasteiger partial charge in [-0.15, -0.1) is 0 Å². The first-order chi connectivity index (χ1) is 7.01. The lowest BCUT2D eigenvalue weighted by Crippen LogP contribution is -2.12. The molecule has 1 aliphatic carbocycles. The minimum absolute atomic E-state index is 0.190. The molecule has 0 aromatic heterocycles. The van der Waals surface area contributed by atoms with E-state index in [-0.39, 0.29) is 5.41 Å². The summed E-state index contributed by atoms with van der Waals surface area (Å²) in [7, 11) is 0. The van der Waals surface area contributed by atoms with E-state index in [2.05, 4.69) is 64.1 Å². The van der Waals surface area contributed by atoms with Crippen molar-refractivity contribution in [3.05, 3.63) is 53.1 Å². The average molecular weight is 198 g/mol. The van der Waals surface area contributed by atoms with Crippen LogP contribution in [0.2, 0.25) is 0 Å². The van der Waals surface area contributed by atoms with Crippen LogP contribution in [0.15, 0.2) is 42.0 Å². The predicted molar refractivity (Wildman–Crippen MR) is 66.7 cm³/mol. The summed E-state index contributed by atoms with van der Waals surface area (Å²) in [5.41, 5.74) is 5.73. The topological polar surface area (TPSA) is 0 Å². The molecule has 0 amide bonds. The zero-order valence-corrected chi connectivity index (χ0v) is 9.96. The number of hydrogen-bond donors (Lipinski definition) is 0. The maximum Gasteiger partial charge on any atom is 0.0111 e. The lowest BCUT2D eigenvalue weighted by molar-refractivity contribution is 0.612. The molecule has 0 atom stereocenters. The summed E-state index contributed by atoms with van der Waals surface area (Å²) in [5.74, 6) is 0. The third-order valence-corrected chi connectivity index (χ3v) is 3.52. The number of hydrogen-bond acceptors (Lipinski definition) is 0. The molecule has 0 heteroatoms. The van der Waals surface area contributed by atoms with Gasteiger partial charge in [0.25, 0.3) is 0 Å². The molecule has 15 heavy (non-hydrogen) atoms. The van der Waals surface area contributed by atoms with E-state index in [0.717, 1.165) is 0 Å². The number of aryl methyl sites for hydroxylation is 1. The maximum atomic E-state index is 2.29. The van der Waals surface area contributed by atoms with Crippen molar-refractivity contribution in [1.82, 2.24) is 0 Å². The van der Waals surface area contributed by atoms with Crippen molar-refractivity contribution in [3.63, 3.8) is 0 Å². The zero-order valence-electron chi connectivity index (χ0n) is 9.96. The predicted octanol–water partition coefficient (Wildman–Crippen LogP) is 4.36. The Kier molecular flexibility index (Phi) is 2.30. The first-order valence-corrected chi connectivity index (χ1v) is 5.48. The average Bonchev–Trinajstić information content (AvgIpc) is 2.44. The molecule has 1 aliphatic rings. The Balaban J connectivity index is 2.39. The van der Waals surface area contributed by atoms with Crippen LogP contribution in [0.5, 0.6) is 0 Å². The Morgan fingerprint density at radius 3 is 1.93 bits per heavy atom. The molecule has 0 nitrogen and oxygen atoms in total. The normalized spacial score (nSPS) is 18.7.